The van der Waals surface area contributed by atoms with Crippen LogP contribution in [-0.2, 0) is 22.6 Å². The summed E-state index contributed by atoms with van der Waals surface area (Å²) in [6.45, 7) is 3.08. The van der Waals surface area contributed by atoms with Gasteiger partial charge in [0.05, 0.1) is 12.7 Å². The van der Waals surface area contributed by atoms with E-state index in [1.165, 1.54) is 43.2 Å². The quantitative estimate of drug-likeness (QED) is 0.553. The Labute approximate surface area is 181 Å². The number of aliphatic imine (C=N–C) groups is 1. The predicted octanol–water partition coefficient (Wildman–Crippen LogP) is 3.06. The molecule has 166 valence electrons. The van der Waals surface area contributed by atoms with Gasteiger partial charge in [-0.05, 0) is 56.7 Å². The third kappa shape index (κ3) is 5.74. The van der Waals surface area contributed by atoms with E-state index in [0.717, 1.165) is 50.6 Å². The molecule has 2 N–H and O–H groups in total. The SMILES string of the molecule is CN=C(NCc1cccc(COC2CCOCC2)c1)NC1CC2CCCC(C1)N2C. The van der Waals surface area contributed by atoms with Gasteiger partial charge in [-0.2, -0.15) is 0 Å². The van der Waals surface area contributed by atoms with Crippen LogP contribution >= 0.6 is 0 Å². The van der Waals surface area contributed by atoms with Crippen LogP contribution < -0.4 is 10.6 Å². The van der Waals surface area contributed by atoms with Gasteiger partial charge in [0, 0.05) is 44.9 Å². The molecule has 6 nitrogen and oxygen atoms in total. The average Bonchev–Trinajstić information content (AvgIpc) is 2.77. The molecule has 30 heavy (non-hydrogen) atoms. The molecule has 3 aliphatic heterocycles. The Morgan fingerprint density at radius 2 is 1.87 bits per heavy atom. The smallest absolute Gasteiger partial charge is 0.191 e. The number of hydrogen-bond acceptors (Lipinski definition) is 4. The lowest BCUT2D eigenvalue weighted by atomic mass is 9.82. The maximum Gasteiger partial charge on any atom is 0.191 e. The Morgan fingerprint density at radius 3 is 2.60 bits per heavy atom. The molecular weight excluding hydrogens is 376 g/mol. The first-order valence-electron chi connectivity index (χ1n) is 11.7. The summed E-state index contributed by atoms with van der Waals surface area (Å²) in [6, 6.07) is 10.6. The standard InChI is InChI=1S/C24H38N4O2/c1-25-24(27-20-14-21-7-4-8-22(15-20)28(21)2)26-16-18-5-3-6-19(13-18)17-30-23-9-11-29-12-10-23/h3,5-6,13,20-23H,4,7-12,14-17H2,1-2H3,(H2,25,26,27). The van der Waals surface area contributed by atoms with Crippen molar-refractivity contribution in [1.82, 2.24) is 15.5 Å². The fourth-order valence-electron chi connectivity index (χ4n) is 5.19. The number of guanidine groups is 1. The van der Waals surface area contributed by atoms with Crippen LogP contribution in [0.25, 0.3) is 0 Å². The molecule has 0 aromatic heterocycles. The maximum absolute atomic E-state index is 6.08. The summed E-state index contributed by atoms with van der Waals surface area (Å²) >= 11 is 0. The van der Waals surface area contributed by atoms with Gasteiger partial charge in [0.2, 0.25) is 0 Å². The highest BCUT2D eigenvalue weighted by atomic mass is 16.5. The number of piperidine rings is 2. The molecule has 0 spiro atoms. The van der Waals surface area contributed by atoms with Crippen molar-refractivity contribution in [2.24, 2.45) is 4.99 Å². The molecule has 0 saturated carbocycles. The highest BCUT2D eigenvalue weighted by molar-refractivity contribution is 5.80. The molecule has 0 radical (unpaired) electrons. The number of benzene rings is 1. The summed E-state index contributed by atoms with van der Waals surface area (Å²) in [4.78, 5) is 7.08. The molecular formula is C24H38N4O2. The first kappa shape index (κ1) is 21.6. The number of rotatable bonds is 6. The zero-order chi connectivity index (χ0) is 20.8. The summed E-state index contributed by atoms with van der Waals surface area (Å²) in [7, 11) is 4.17. The van der Waals surface area contributed by atoms with E-state index in [9.17, 15) is 0 Å². The van der Waals surface area contributed by atoms with Crippen molar-refractivity contribution in [3.63, 3.8) is 0 Å². The fourth-order valence-corrected chi connectivity index (χ4v) is 5.19. The van der Waals surface area contributed by atoms with Gasteiger partial charge < -0.3 is 25.0 Å². The fraction of sp³-hybridized carbons (Fsp3) is 0.708. The Hall–Kier alpha value is -1.63. The van der Waals surface area contributed by atoms with Crippen molar-refractivity contribution in [1.29, 1.82) is 0 Å². The van der Waals surface area contributed by atoms with E-state index in [0.29, 0.717) is 18.8 Å². The largest absolute Gasteiger partial charge is 0.381 e. The lowest BCUT2D eigenvalue weighted by Crippen LogP contribution is -2.56. The monoisotopic (exact) mass is 414 g/mol. The number of nitrogens with zero attached hydrogens (tertiary/aromatic N) is 2. The number of nitrogens with one attached hydrogen (secondary N) is 2. The molecule has 1 aromatic carbocycles. The molecule has 3 fully saturated rings. The van der Waals surface area contributed by atoms with Crippen LogP contribution in [0.4, 0.5) is 0 Å². The average molecular weight is 415 g/mol. The van der Waals surface area contributed by atoms with Gasteiger partial charge in [0.25, 0.3) is 0 Å². The van der Waals surface area contributed by atoms with E-state index in [-0.39, 0.29) is 0 Å². The molecule has 1 aromatic rings. The highest BCUT2D eigenvalue weighted by Crippen LogP contribution is 2.32. The highest BCUT2D eigenvalue weighted by Gasteiger charge is 2.36. The second-order valence-electron chi connectivity index (χ2n) is 9.09. The normalized spacial score (nSPS) is 28.3. The van der Waals surface area contributed by atoms with Crippen molar-refractivity contribution >= 4 is 5.96 Å². The van der Waals surface area contributed by atoms with Crippen LogP contribution in [0.15, 0.2) is 29.3 Å². The molecule has 2 atom stereocenters. The van der Waals surface area contributed by atoms with Crippen molar-refractivity contribution in [3.8, 4) is 0 Å². The zero-order valence-electron chi connectivity index (χ0n) is 18.6. The lowest BCUT2D eigenvalue weighted by molar-refractivity contribution is -0.0390. The molecule has 0 amide bonds. The summed E-state index contributed by atoms with van der Waals surface area (Å²) in [6.07, 6.45) is 8.81. The van der Waals surface area contributed by atoms with Crippen molar-refractivity contribution in [2.75, 3.05) is 27.3 Å². The Kier molecular flexibility index (Phi) is 7.63. The van der Waals surface area contributed by atoms with Gasteiger partial charge in [-0.3, -0.25) is 4.99 Å². The summed E-state index contributed by atoms with van der Waals surface area (Å²) < 4.78 is 11.5. The van der Waals surface area contributed by atoms with Gasteiger partial charge in [-0.15, -0.1) is 0 Å². The Morgan fingerprint density at radius 1 is 1.13 bits per heavy atom. The number of fused-ring (bicyclic) bond motifs is 2. The third-order valence-electron chi connectivity index (χ3n) is 7.01. The Bertz CT molecular complexity index is 690. The van der Waals surface area contributed by atoms with Crippen LogP contribution in [-0.4, -0.2) is 62.4 Å². The van der Waals surface area contributed by atoms with Crippen LogP contribution in [0.1, 0.15) is 56.1 Å². The van der Waals surface area contributed by atoms with Crippen LogP contribution in [0.2, 0.25) is 0 Å². The van der Waals surface area contributed by atoms with Crippen molar-refractivity contribution in [2.45, 2.75) is 82.3 Å². The molecule has 2 bridgehead atoms. The minimum absolute atomic E-state index is 0.331. The van der Waals surface area contributed by atoms with Crippen LogP contribution in [0, 0.1) is 0 Å². The van der Waals surface area contributed by atoms with Crippen LogP contribution in [0.3, 0.4) is 0 Å². The van der Waals surface area contributed by atoms with Gasteiger partial charge >= 0.3 is 0 Å². The van der Waals surface area contributed by atoms with Crippen LogP contribution in [0.5, 0.6) is 0 Å². The van der Waals surface area contributed by atoms with E-state index in [4.69, 9.17) is 9.47 Å². The summed E-state index contributed by atoms with van der Waals surface area (Å²) in [5, 5.41) is 7.19. The minimum Gasteiger partial charge on any atom is -0.381 e. The van der Waals surface area contributed by atoms with Gasteiger partial charge in [-0.1, -0.05) is 30.7 Å². The van der Waals surface area contributed by atoms with E-state index < -0.39 is 0 Å². The van der Waals surface area contributed by atoms with Gasteiger partial charge in [-0.25, -0.2) is 0 Å². The van der Waals surface area contributed by atoms with Gasteiger partial charge in [0.15, 0.2) is 5.96 Å². The second kappa shape index (κ2) is 10.6. The number of hydrogen-bond donors (Lipinski definition) is 2. The van der Waals surface area contributed by atoms with Crippen molar-refractivity contribution < 1.29 is 9.47 Å². The van der Waals surface area contributed by atoms with E-state index in [2.05, 4.69) is 51.8 Å². The van der Waals surface area contributed by atoms with E-state index in [1.807, 2.05) is 7.05 Å². The predicted molar refractivity (Wildman–Crippen MR) is 121 cm³/mol. The topological polar surface area (TPSA) is 58.1 Å². The molecule has 0 aliphatic carbocycles. The molecule has 3 heterocycles. The van der Waals surface area contributed by atoms with E-state index in [1.54, 1.807) is 0 Å². The minimum atomic E-state index is 0.331. The molecule has 3 saturated heterocycles. The number of ether oxygens (including phenoxy) is 2. The Balaban J connectivity index is 1.25. The summed E-state index contributed by atoms with van der Waals surface area (Å²) in [5.41, 5.74) is 2.48. The summed E-state index contributed by atoms with van der Waals surface area (Å²) in [5.74, 6) is 0.909. The first-order valence-corrected chi connectivity index (χ1v) is 11.7. The molecule has 6 heteroatoms. The second-order valence-corrected chi connectivity index (χ2v) is 9.09. The van der Waals surface area contributed by atoms with Gasteiger partial charge in [0.1, 0.15) is 0 Å². The molecule has 3 aliphatic rings. The first-order chi connectivity index (χ1) is 14.7. The van der Waals surface area contributed by atoms with Crippen molar-refractivity contribution in [3.05, 3.63) is 35.4 Å². The van der Waals surface area contributed by atoms with E-state index >= 15 is 0 Å². The maximum atomic E-state index is 6.08. The third-order valence-corrected chi connectivity index (χ3v) is 7.01. The lowest BCUT2D eigenvalue weighted by Gasteiger charge is -2.47. The molecule has 2 unspecified atom stereocenters. The zero-order valence-corrected chi connectivity index (χ0v) is 18.6. The molecule has 4 rings (SSSR count).